The van der Waals surface area contributed by atoms with Crippen LogP contribution in [0.5, 0.6) is 0 Å². The monoisotopic (exact) mass is 256 g/mol. The summed E-state index contributed by atoms with van der Waals surface area (Å²) in [5, 5.41) is 0. The summed E-state index contributed by atoms with van der Waals surface area (Å²) in [6.45, 7) is 0.840. The lowest BCUT2D eigenvalue weighted by Gasteiger charge is -2.13. The minimum Gasteiger partial charge on any atom is -0.501 e. The fourth-order valence-electron chi connectivity index (χ4n) is 2.71. The van der Waals surface area contributed by atoms with Gasteiger partial charge in [-0.1, -0.05) is 6.42 Å². The molecule has 2 rings (SSSR count). The first-order chi connectivity index (χ1) is 8.34. The molecule has 0 aromatic carbocycles. The zero-order valence-corrected chi connectivity index (χ0v) is 11.5. The Balaban J connectivity index is 1.52. The second-order valence-corrected chi connectivity index (χ2v) is 6.94. The molecule has 2 unspecified atom stereocenters. The van der Waals surface area contributed by atoms with Crippen molar-refractivity contribution in [2.24, 2.45) is 5.92 Å². The van der Waals surface area contributed by atoms with E-state index in [2.05, 4.69) is 0 Å². The van der Waals surface area contributed by atoms with Crippen LogP contribution in [0.15, 0.2) is 11.8 Å². The van der Waals surface area contributed by atoms with Crippen molar-refractivity contribution in [2.75, 3.05) is 18.1 Å². The average Bonchev–Trinajstić information content (AvgIpc) is 2.76. The van der Waals surface area contributed by atoms with Crippen LogP contribution < -0.4 is 0 Å². The molecule has 0 amide bonds. The second-order valence-electron chi connectivity index (χ2n) is 5.32. The Kier molecular flexibility index (Phi) is 5.56. The summed E-state index contributed by atoms with van der Waals surface area (Å²) in [5.74, 6) is 2.55. The Morgan fingerprint density at radius 3 is 2.82 bits per heavy atom. The largest absolute Gasteiger partial charge is 0.501 e. The first-order valence-corrected chi connectivity index (χ1v) is 8.48. The molecule has 0 aromatic rings. The molecule has 0 aromatic heterocycles. The Labute approximate surface area is 107 Å². The van der Waals surface area contributed by atoms with Gasteiger partial charge in [0.05, 0.1) is 12.9 Å². The van der Waals surface area contributed by atoms with Crippen molar-refractivity contribution in [3.63, 3.8) is 0 Å². The van der Waals surface area contributed by atoms with E-state index >= 15 is 0 Å². The second kappa shape index (κ2) is 7.20. The number of ether oxygens (including phenoxy) is 1. The highest BCUT2D eigenvalue weighted by Crippen LogP contribution is 2.23. The lowest BCUT2D eigenvalue weighted by Crippen LogP contribution is -2.02. The molecule has 0 N–H and O–H groups in total. The standard InChI is InChI=1S/C14H24O2S/c15-17-10-8-14(12-17)7-4-9-16-11-13-5-2-1-3-6-13/h11,14H,1-10,12H2. The van der Waals surface area contributed by atoms with Gasteiger partial charge in [0.25, 0.3) is 0 Å². The number of hydrogen-bond donors (Lipinski definition) is 0. The average molecular weight is 256 g/mol. The first kappa shape index (κ1) is 13.1. The molecule has 1 aliphatic heterocycles. The highest BCUT2D eigenvalue weighted by molar-refractivity contribution is 7.85. The molecule has 1 heterocycles. The number of rotatable bonds is 5. The van der Waals surface area contributed by atoms with Gasteiger partial charge in [0.2, 0.25) is 0 Å². The summed E-state index contributed by atoms with van der Waals surface area (Å²) in [6.07, 6.45) is 12.0. The molecule has 2 fully saturated rings. The van der Waals surface area contributed by atoms with Gasteiger partial charge in [-0.15, -0.1) is 0 Å². The van der Waals surface area contributed by atoms with Crippen LogP contribution in [0.3, 0.4) is 0 Å². The van der Waals surface area contributed by atoms with E-state index in [4.69, 9.17) is 4.74 Å². The zero-order chi connectivity index (χ0) is 11.9. The predicted octanol–water partition coefficient (Wildman–Crippen LogP) is 3.40. The molecule has 1 aliphatic carbocycles. The fraction of sp³-hybridized carbons (Fsp3) is 0.857. The Bertz CT molecular complexity index is 278. The zero-order valence-electron chi connectivity index (χ0n) is 10.7. The van der Waals surface area contributed by atoms with Crippen molar-refractivity contribution in [1.29, 1.82) is 0 Å². The number of allylic oxidation sites excluding steroid dienone is 1. The van der Waals surface area contributed by atoms with Crippen LogP contribution in [-0.2, 0) is 15.5 Å². The lowest BCUT2D eigenvalue weighted by molar-refractivity contribution is 0.230. The van der Waals surface area contributed by atoms with E-state index in [0.717, 1.165) is 31.0 Å². The first-order valence-electron chi connectivity index (χ1n) is 6.99. The van der Waals surface area contributed by atoms with Crippen molar-refractivity contribution in [3.8, 4) is 0 Å². The van der Waals surface area contributed by atoms with E-state index in [-0.39, 0.29) is 0 Å². The molecule has 0 spiro atoms. The maximum Gasteiger partial charge on any atom is 0.0873 e. The highest BCUT2D eigenvalue weighted by atomic mass is 32.2. The molecular formula is C14H24O2S. The summed E-state index contributed by atoms with van der Waals surface area (Å²) in [7, 11) is -0.517. The smallest absolute Gasteiger partial charge is 0.0873 e. The van der Waals surface area contributed by atoms with Crippen LogP contribution >= 0.6 is 0 Å². The Morgan fingerprint density at radius 2 is 2.12 bits per heavy atom. The minimum atomic E-state index is -0.517. The predicted molar refractivity (Wildman–Crippen MR) is 72.3 cm³/mol. The highest BCUT2D eigenvalue weighted by Gasteiger charge is 2.20. The topological polar surface area (TPSA) is 26.3 Å². The van der Waals surface area contributed by atoms with Crippen molar-refractivity contribution in [1.82, 2.24) is 0 Å². The van der Waals surface area contributed by atoms with Gasteiger partial charge in [-0.05, 0) is 56.4 Å². The minimum absolute atomic E-state index is 0.517. The van der Waals surface area contributed by atoms with E-state index in [1.54, 1.807) is 0 Å². The van der Waals surface area contributed by atoms with Gasteiger partial charge in [0.15, 0.2) is 0 Å². The van der Waals surface area contributed by atoms with E-state index in [9.17, 15) is 4.21 Å². The van der Waals surface area contributed by atoms with Gasteiger partial charge in [0, 0.05) is 22.3 Å². The third kappa shape index (κ3) is 4.82. The van der Waals surface area contributed by atoms with Crippen LogP contribution in [0.2, 0.25) is 0 Å². The van der Waals surface area contributed by atoms with Crippen molar-refractivity contribution in [3.05, 3.63) is 11.8 Å². The SMILES string of the molecule is O=S1CCC(CCCOC=C2CCCCC2)C1. The molecule has 2 atom stereocenters. The van der Waals surface area contributed by atoms with Gasteiger partial charge >= 0.3 is 0 Å². The molecule has 2 aliphatic rings. The quantitative estimate of drug-likeness (QED) is 0.556. The summed E-state index contributed by atoms with van der Waals surface area (Å²) >= 11 is 0. The summed E-state index contributed by atoms with van der Waals surface area (Å²) in [6, 6.07) is 0. The normalized spacial score (nSPS) is 29.3. The van der Waals surface area contributed by atoms with E-state index in [1.807, 2.05) is 6.26 Å². The molecular weight excluding hydrogens is 232 g/mol. The molecule has 1 saturated carbocycles. The number of hydrogen-bond acceptors (Lipinski definition) is 2. The van der Waals surface area contributed by atoms with Crippen LogP contribution in [0.4, 0.5) is 0 Å². The van der Waals surface area contributed by atoms with Crippen molar-refractivity contribution < 1.29 is 8.95 Å². The van der Waals surface area contributed by atoms with E-state index < -0.39 is 10.8 Å². The summed E-state index contributed by atoms with van der Waals surface area (Å²) in [5.41, 5.74) is 1.50. The van der Waals surface area contributed by atoms with E-state index in [0.29, 0.717) is 5.92 Å². The summed E-state index contributed by atoms with van der Waals surface area (Å²) in [4.78, 5) is 0. The van der Waals surface area contributed by atoms with Gasteiger partial charge in [-0.25, -0.2) is 0 Å². The molecule has 98 valence electrons. The van der Waals surface area contributed by atoms with Gasteiger partial charge in [0.1, 0.15) is 0 Å². The third-order valence-electron chi connectivity index (χ3n) is 3.80. The maximum absolute atomic E-state index is 11.2. The molecule has 2 nitrogen and oxygen atoms in total. The lowest BCUT2D eigenvalue weighted by atomic mass is 9.96. The van der Waals surface area contributed by atoms with Gasteiger partial charge in [-0.3, -0.25) is 4.21 Å². The molecule has 0 bridgehead atoms. The van der Waals surface area contributed by atoms with Crippen molar-refractivity contribution in [2.45, 2.75) is 51.4 Å². The molecule has 3 heteroatoms. The van der Waals surface area contributed by atoms with Crippen LogP contribution in [0.25, 0.3) is 0 Å². The Hall–Kier alpha value is -0.310. The van der Waals surface area contributed by atoms with Crippen LogP contribution in [-0.4, -0.2) is 22.3 Å². The summed E-state index contributed by atoms with van der Waals surface area (Å²) < 4.78 is 16.8. The van der Waals surface area contributed by atoms with Gasteiger partial charge < -0.3 is 4.74 Å². The molecule has 1 saturated heterocycles. The molecule has 17 heavy (non-hydrogen) atoms. The fourth-order valence-corrected chi connectivity index (χ4v) is 4.33. The Morgan fingerprint density at radius 1 is 1.29 bits per heavy atom. The van der Waals surface area contributed by atoms with Gasteiger partial charge in [-0.2, -0.15) is 0 Å². The maximum atomic E-state index is 11.2. The third-order valence-corrected chi connectivity index (χ3v) is 5.33. The van der Waals surface area contributed by atoms with Crippen molar-refractivity contribution >= 4 is 10.8 Å². The van der Waals surface area contributed by atoms with Crippen LogP contribution in [0, 0.1) is 5.92 Å². The van der Waals surface area contributed by atoms with E-state index in [1.165, 1.54) is 44.1 Å². The van der Waals surface area contributed by atoms with Crippen LogP contribution in [0.1, 0.15) is 51.4 Å². The molecule has 0 radical (unpaired) electrons.